The second-order valence-electron chi connectivity index (χ2n) is 6.10. The van der Waals surface area contributed by atoms with E-state index >= 15 is 0 Å². The number of carbonyl (C=O) groups is 3. The molecule has 3 rings (SSSR count). The van der Waals surface area contributed by atoms with Crippen molar-refractivity contribution in [2.75, 3.05) is 10.6 Å². The van der Waals surface area contributed by atoms with Crippen LogP contribution in [0.4, 0.5) is 11.4 Å². The van der Waals surface area contributed by atoms with Crippen molar-refractivity contribution in [1.29, 1.82) is 0 Å². The summed E-state index contributed by atoms with van der Waals surface area (Å²) in [6.45, 7) is 4.15. The highest BCUT2D eigenvalue weighted by Gasteiger charge is 2.39. The third-order valence-electron chi connectivity index (χ3n) is 4.11. The van der Waals surface area contributed by atoms with Gasteiger partial charge in [-0.1, -0.05) is 44.2 Å². The summed E-state index contributed by atoms with van der Waals surface area (Å²) in [6.07, 6.45) is 0. The van der Waals surface area contributed by atoms with Gasteiger partial charge >= 0.3 is 0 Å². The largest absolute Gasteiger partial charge is 0.325 e. The Balaban J connectivity index is 1.76. The molecular formula is C19H18N2O3. The number of Topliss-reactive ketones (excluding diaryl/α,β-unsaturated/α-hetero) is 1. The number of para-hydroxylation sites is 1. The molecule has 0 unspecified atom stereocenters. The van der Waals surface area contributed by atoms with Crippen LogP contribution in [0, 0.1) is 0 Å². The molecule has 0 saturated heterocycles. The number of hydrogen-bond donors (Lipinski definition) is 2. The van der Waals surface area contributed by atoms with Gasteiger partial charge in [-0.2, -0.15) is 0 Å². The van der Waals surface area contributed by atoms with Gasteiger partial charge in [-0.15, -0.1) is 0 Å². The summed E-state index contributed by atoms with van der Waals surface area (Å²) in [5, 5.41) is 5.19. The van der Waals surface area contributed by atoms with E-state index in [4.69, 9.17) is 0 Å². The van der Waals surface area contributed by atoms with Crippen LogP contribution in [-0.2, 0) is 14.4 Å². The van der Waals surface area contributed by atoms with Crippen LogP contribution in [0.25, 0.3) is 0 Å². The van der Waals surface area contributed by atoms with Gasteiger partial charge in [0.25, 0.3) is 5.91 Å². The topological polar surface area (TPSA) is 75.3 Å². The van der Waals surface area contributed by atoms with E-state index in [1.165, 1.54) is 0 Å². The van der Waals surface area contributed by atoms with Gasteiger partial charge in [0, 0.05) is 11.4 Å². The maximum absolute atomic E-state index is 12.4. The predicted octanol–water partition coefficient (Wildman–Crippen LogP) is 3.05. The zero-order chi connectivity index (χ0) is 17.3. The second kappa shape index (κ2) is 6.28. The fourth-order valence-corrected chi connectivity index (χ4v) is 2.74. The summed E-state index contributed by atoms with van der Waals surface area (Å²) in [5.74, 6) is -2.72. The number of anilines is 2. The molecule has 1 heterocycles. The van der Waals surface area contributed by atoms with Crippen LogP contribution in [0.1, 0.15) is 36.8 Å². The molecule has 2 aromatic carbocycles. The summed E-state index contributed by atoms with van der Waals surface area (Å²) in [4.78, 5) is 36.7. The minimum atomic E-state index is -1.09. The summed E-state index contributed by atoms with van der Waals surface area (Å²) < 4.78 is 0. The highest BCUT2D eigenvalue weighted by molar-refractivity contribution is 6.47. The van der Waals surface area contributed by atoms with E-state index < -0.39 is 23.5 Å². The summed E-state index contributed by atoms with van der Waals surface area (Å²) in [6, 6.07) is 14.2. The van der Waals surface area contributed by atoms with Gasteiger partial charge in [-0.25, -0.2) is 0 Å². The Labute approximate surface area is 140 Å². The fraction of sp³-hybridized carbons (Fsp3) is 0.211. The van der Waals surface area contributed by atoms with Crippen LogP contribution >= 0.6 is 0 Å². The van der Waals surface area contributed by atoms with Crippen LogP contribution in [0.5, 0.6) is 0 Å². The zero-order valence-electron chi connectivity index (χ0n) is 13.5. The van der Waals surface area contributed by atoms with Crippen molar-refractivity contribution in [2.24, 2.45) is 0 Å². The molecule has 0 aliphatic carbocycles. The van der Waals surface area contributed by atoms with E-state index in [9.17, 15) is 14.4 Å². The van der Waals surface area contributed by atoms with Gasteiger partial charge in [0.15, 0.2) is 0 Å². The molecule has 5 nitrogen and oxygen atoms in total. The minimum Gasteiger partial charge on any atom is -0.325 e. The summed E-state index contributed by atoms with van der Waals surface area (Å²) in [7, 11) is 0. The lowest BCUT2D eigenvalue weighted by atomic mass is 9.95. The van der Waals surface area contributed by atoms with Gasteiger partial charge < -0.3 is 10.6 Å². The molecule has 0 saturated carbocycles. The van der Waals surface area contributed by atoms with Crippen LogP contribution in [-0.4, -0.2) is 17.6 Å². The molecular weight excluding hydrogens is 304 g/mol. The maximum atomic E-state index is 12.4. The third kappa shape index (κ3) is 2.93. The Morgan fingerprint density at radius 2 is 1.71 bits per heavy atom. The molecule has 0 aromatic heterocycles. The summed E-state index contributed by atoms with van der Waals surface area (Å²) >= 11 is 0. The Morgan fingerprint density at radius 1 is 1.04 bits per heavy atom. The lowest BCUT2D eigenvalue weighted by molar-refractivity contribution is -0.138. The quantitative estimate of drug-likeness (QED) is 0.671. The van der Waals surface area contributed by atoms with Crippen molar-refractivity contribution in [3.8, 4) is 0 Å². The molecule has 0 spiro atoms. The Hall–Kier alpha value is -2.95. The normalized spacial score (nSPS) is 15.8. The van der Waals surface area contributed by atoms with Crippen molar-refractivity contribution >= 4 is 29.0 Å². The lowest BCUT2D eigenvalue weighted by Gasteiger charge is -2.10. The SMILES string of the molecule is CC(C)c1ccc(NC(=O)C(=O)[C@@H]2C(=O)Nc3ccccc32)cc1. The highest BCUT2D eigenvalue weighted by atomic mass is 16.2. The maximum Gasteiger partial charge on any atom is 0.292 e. The molecule has 1 aliphatic heterocycles. The number of nitrogens with one attached hydrogen (secondary N) is 2. The number of fused-ring (bicyclic) bond motifs is 1. The van der Waals surface area contributed by atoms with Crippen LogP contribution < -0.4 is 10.6 Å². The molecule has 2 amide bonds. The number of benzene rings is 2. The zero-order valence-corrected chi connectivity index (χ0v) is 13.5. The molecule has 2 N–H and O–H groups in total. The molecule has 1 atom stereocenters. The lowest BCUT2D eigenvalue weighted by Crippen LogP contribution is -2.31. The average Bonchev–Trinajstić information content (AvgIpc) is 2.90. The number of rotatable bonds is 4. The first-order chi connectivity index (χ1) is 11.5. The van der Waals surface area contributed by atoms with E-state index in [1.807, 2.05) is 12.1 Å². The molecule has 122 valence electrons. The monoisotopic (exact) mass is 322 g/mol. The standard InChI is InChI=1S/C19H18N2O3/c1-11(2)12-7-9-13(10-8-12)20-19(24)17(22)16-14-5-3-4-6-15(14)21-18(16)23/h3-11,16H,1-2H3,(H,20,24)(H,21,23)/t16-/m1/s1. The highest BCUT2D eigenvalue weighted by Crippen LogP contribution is 2.32. The van der Waals surface area contributed by atoms with E-state index in [0.717, 1.165) is 5.56 Å². The van der Waals surface area contributed by atoms with E-state index in [1.54, 1.807) is 36.4 Å². The number of carbonyl (C=O) groups excluding carboxylic acids is 3. The molecule has 1 aliphatic rings. The van der Waals surface area contributed by atoms with Gasteiger partial charge in [-0.05, 0) is 35.2 Å². The van der Waals surface area contributed by atoms with Crippen LogP contribution in [0.15, 0.2) is 48.5 Å². The van der Waals surface area contributed by atoms with Gasteiger partial charge in [0.05, 0.1) is 0 Å². The van der Waals surface area contributed by atoms with Gasteiger partial charge in [0.2, 0.25) is 11.7 Å². The van der Waals surface area contributed by atoms with E-state index in [0.29, 0.717) is 22.9 Å². The van der Waals surface area contributed by atoms with Crippen LogP contribution in [0.3, 0.4) is 0 Å². The van der Waals surface area contributed by atoms with Crippen LogP contribution in [0.2, 0.25) is 0 Å². The summed E-state index contributed by atoms with van der Waals surface area (Å²) in [5.41, 5.74) is 2.79. The van der Waals surface area contributed by atoms with Crippen molar-refractivity contribution in [3.05, 3.63) is 59.7 Å². The predicted molar refractivity (Wildman–Crippen MR) is 92.0 cm³/mol. The molecule has 5 heteroatoms. The van der Waals surface area contributed by atoms with E-state index in [2.05, 4.69) is 24.5 Å². The van der Waals surface area contributed by atoms with Gasteiger partial charge in [0.1, 0.15) is 5.92 Å². The first-order valence-electron chi connectivity index (χ1n) is 7.82. The smallest absolute Gasteiger partial charge is 0.292 e. The fourth-order valence-electron chi connectivity index (χ4n) is 2.74. The van der Waals surface area contributed by atoms with Gasteiger partial charge in [-0.3, -0.25) is 14.4 Å². The van der Waals surface area contributed by atoms with Crippen molar-refractivity contribution < 1.29 is 14.4 Å². The molecule has 24 heavy (non-hydrogen) atoms. The Morgan fingerprint density at radius 3 is 2.38 bits per heavy atom. The first-order valence-corrected chi connectivity index (χ1v) is 7.82. The van der Waals surface area contributed by atoms with Crippen molar-refractivity contribution in [3.63, 3.8) is 0 Å². The van der Waals surface area contributed by atoms with Crippen molar-refractivity contribution in [1.82, 2.24) is 0 Å². The molecule has 0 radical (unpaired) electrons. The minimum absolute atomic E-state index is 0.384. The Kier molecular flexibility index (Phi) is 4.16. The van der Waals surface area contributed by atoms with Crippen molar-refractivity contribution in [2.45, 2.75) is 25.7 Å². The molecule has 2 aromatic rings. The van der Waals surface area contributed by atoms with E-state index in [-0.39, 0.29) is 0 Å². The molecule has 0 bridgehead atoms. The third-order valence-corrected chi connectivity index (χ3v) is 4.11. The average molecular weight is 322 g/mol. The number of amides is 2. The number of ketones is 1. The Bertz CT molecular complexity index is 810. The number of hydrogen-bond acceptors (Lipinski definition) is 3. The second-order valence-corrected chi connectivity index (χ2v) is 6.10. The first kappa shape index (κ1) is 15.9. The molecule has 0 fully saturated rings.